The number of hydrogen-bond donors (Lipinski definition) is 0. The third-order valence-corrected chi connectivity index (χ3v) is 3.29. The topological polar surface area (TPSA) is 3.24 Å². The molecular weight excluding hydrogens is 146 g/mol. The summed E-state index contributed by atoms with van der Waals surface area (Å²) in [6.45, 7) is 12.4. The van der Waals surface area contributed by atoms with Crippen LogP contribution in [0.2, 0.25) is 0 Å². The van der Waals surface area contributed by atoms with Crippen molar-refractivity contribution < 1.29 is 0 Å². The van der Waals surface area contributed by atoms with Crippen LogP contribution in [0.3, 0.4) is 0 Å². The smallest absolute Gasteiger partial charge is 0.00920 e. The SMILES string of the molecule is CC.CC1CCN(C)C(C)C1C. The fourth-order valence-electron chi connectivity index (χ4n) is 1.75. The second-order valence-electron chi connectivity index (χ2n) is 3.85. The molecule has 0 amide bonds. The van der Waals surface area contributed by atoms with E-state index in [0.29, 0.717) is 0 Å². The standard InChI is InChI=1S/C9H19N.C2H6/c1-7-5-6-10(4)9(3)8(7)2;1-2/h7-9H,5-6H2,1-4H3;1-2H3. The lowest BCUT2D eigenvalue weighted by atomic mass is 9.83. The summed E-state index contributed by atoms with van der Waals surface area (Å²) in [5.41, 5.74) is 0. The van der Waals surface area contributed by atoms with Crippen molar-refractivity contribution in [3.05, 3.63) is 0 Å². The molecule has 1 aliphatic rings. The van der Waals surface area contributed by atoms with Gasteiger partial charge in [0.2, 0.25) is 0 Å². The zero-order valence-corrected chi connectivity index (χ0v) is 9.59. The molecule has 0 aromatic carbocycles. The van der Waals surface area contributed by atoms with Crippen molar-refractivity contribution in [2.45, 2.75) is 47.1 Å². The monoisotopic (exact) mass is 171 g/mol. The van der Waals surface area contributed by atoms with Gasteiger partial charge in [0.15, 0.2) is 0 Å². The Morgan fingerprint density at radius 2 is 1.58 bits per heavy atom. The highest BCUT2D eigenvalue weighted by Gasteiger charge is 2.26. The molecule has 1 fully saturated rings. The van der Waals surface area contributed by atoms with E-state index < -0.39 is 0 Å². The van der Waals surface area contributed by atoms with E-state index in [2.05, 4.69) is 32.7 Å². The zero-order valence-electron chi connectivity index (χ0n) is 9.59. The summed E-state index contributed by atoms with van der Waals surface area (Å²) < 4.78 is 0. The van der Waals surface area contributed by atoms with Crippen LogP contribution in [0, 0.1) is 11.8 Å². The van der Waals surface area contributed by atoms with Crippen molar-refractivity contribution in [1.82, 2.24) is 4.90 Å². The maximum Gasteiger partial charge on any atom is 0.00920 e. The van der Waals surface area contributed by atoms with E-state index in [1.165, 1.54) is 13.0 Å². The lowest BCUT2D eigenvalue weighted by Gasteiger charge is -2.39. The summed E-state index contributed by atoms with van der Waals surface area (Å²) in [5.74, 6) is 1.80. The van der Waals surface area contributed by atoms with Gasteiger partial charge >= 0.3 is 0 Å². The molecule has 0 aromatic heterocycles. The van der Waals surface area contributed by atoms with Gasteiger partial charge in [-0.3, -0.25) is 0 Å². The second kappa shape index (κ2) is 5.58. The Bertz CT molecular complexity index is 97.6. The molecule has 0 aliphatic carbocycles. The number of piperidine rings is 1. The number of nitrogens with zero attached hydrogens (tertiary/aromatic N) is 1. The average molecular weight is 171 g/mol. The third kappa shape index (κ3) is 2.78. The summed E-state index contributed by atoms with van der Waals surface area (Å²) in [7, 11) is 2.23. The third-order valence-electron chi connectivity index (χ3n) is 3.29. The Morgan fingerprint density at radius 1 is 1.08 bits per heavy atom. The fourth-order valence-corrected chi connectivity index (χ4v) is 1.75. The molecular formula is C11H25N. The summed E-state index contributed by atoms with van der Waals surface area (Å²) in [4.78, 5) is 2.46. The van der Waals surface area contributed by atoms with E-state index >= 15 is 0 Å². The van der Waals surface area contributed by atoms with Gasteiger partial charge in [0.25, 0.3) is 0 Å². The van der Waals surface area contributed by atoms with Crippen molar-refractivity contribution in [3.8, 4) is 0 Å². The predicted octanol–water partition coefficient (Wildman–Crippen LogP) is 3.01. The Morgan fingerprint density at radius 3 is 2.00 bits per heavy atom. The minimum Gasteiger partial charge on any atom is -0.303 e. The molecule has 0 aromatic rings. The molecule has 0 radical (unpaired) electrons. The summed E-state index contributed by atoms with van der Waals surface area (Å²) in [6.07, 6.45) is 1.38. The first-order valence-corrected chi connectivity index (χ1v) is 5.33. The molecule has 1 heterocycles. The highest BCUT2D eigenvalue weighted by molar-refractivity contribution is 4.80. The van der Waals surface area contributed by atoms with E-state index in [1.807, 2.05) is 13.8 Å². The van der Waals surface area contributed by atoms with Crippen molar-refractivity contribution in [1.29, 1.82) is 0 Å². The van der Waals surface area contributed by atoms with Gasteiger partial charge in [-0.15, -0.1) is 0 Å². The van der Waals surface area contributed by atoms with Crippen LogP contribution in [0.15, 0.2) is 0 Å². The molecule has 0 N–H and O–H groups in total. The van der Waals surface area contributed by atoms with Gasteiger partial charge in [-0.2, -0.15) is 0 Å². The normalized spacial score (nSPS) is 37.0. The van der Waals surface area contributed by atoms with Crippen molar-refractivity contribution in [3.63, 3.8) is 0 Å². The highest BCUT2D eigenvalue weighted by atomic mass is 15.1. The molecule has 1 aliphatic heterocycles. The quantitative estimate of drug-likeness (QED) is 0.541. The van der Waals surface area contributed by atoms with Crippen LogP contribution >= 0.6 is 0 Å². The first kappa shape index (κ1) is 12.0. The van der Waals surface area contributed by atoms with Crippen LogP contribution in [0.25, 0.3) is 0 Å². The Kier molecular flexibility index (Phi) is 5.56. The Balaban J connectivity index is 0.000000561. The molecule has 1 nitrogen and oxygen atoms in total. The summed E-state index contributed by atoms with van der Waals surface area (Å²) in [6, 6.07) is 0.781. The van der Waals surface area contributed by atoms with Crippen LogP contribution < -0.4 is 0 Å². The van der Waals surface area contributed by atoms with Crippen molar-refractivity contribution >= 4 is 0 Å². The second-order valence-corrected chi connectivity index (χ2v) is 3.85. The number of hydrogen-bond acceptors (Lipinski definition) is 1. The molecule has 0 saturated carbocycles. The van der Waals surface area contributed by atoms with Crippen LogP contribution in [0.1, 0.15) is 41.0 Å². The average Bonchev–Trinajstić information content (AvgIpc) is 2.12. The van der Waals surface area contributed by atoms with E-state index in [0.717, 1.165) is 17.9 Å². The Hall–Kier alpha value is -0.0400. The zero-order chi connectivity index (χ0) is 9.72. The first-order chi connectivity index (χ1) is 5.63. The molecule has 74 valence electrons. The van der Waals surface area contributed by atoms with Gasteiger partial charge in [-0.25, -0.2) is 0 Å². The van der Waals surface area contributed by atoms with E-state index in [4.69, 9.17) is 0 Å². The summed E-state index contributed by atoms with van der Waals surface area (Å²) >= 11 is 0. The highest BCUT2D eigenvalue weighted by Crippen LogP contribution is 2.26. The fraction of sp³-hybridized carbons (Fsp3) is 1.00. The van der Waals surface area contributed by atoms with Gasteiger partial charge in [0.05, 0.1) is 0 Å². The molecule has 3 atom stereocenters. The maximum absolute atomic E-state index is 2.46. The molecule has 3 unspecified atom stereocenters. The molecule has 0 bridgehead atoms. The molecule has 1 rings (SSSR count). The Labute approximate surface area is 78.1 Å². The molecule has 12 heavy (non-hydrogen) atoms. The maximum atomic E-state index is 2.46. The van der Waals surface area contributed by atoms with Gasteiger partial charge in [-0.05, 0) is 38.8 Å². The molecule has 1 saturated heterocycles. The number of rotatable bonds is 0. The van der Waals surface area contributed by atoms with Gasteiger partial charge in [0, 0.05) is 6.04 Å². The molecule has 1 heteroatoms. The van der Waals surface area contributed by atoms with Crippen LogP contribution in [0.4, 0.5) is 0 Å². The minimum atomic E-state index is 0.781. The summed E-state index contributed by atoms with van der Waals surface area (Å²) in [5, 5.41) is 0. The lowest BCUT2D eigenvalue weighted by molar-refractivity contribution is 0.0999. The molecule has 0 spiro atoms. The lowest BCUT2D eigenvalue weighted by Crippen LogP contribution is -2.43. The van der Waals surface area contributed by atoms with Crippen LogP contribution in [0.5, 0.6) is 0 Å². The first-order valence-electron chi connectivity index (χ1n) is 5.33. The van der Waals surface area contributed by atoms with Crippen LogP contribution in [-0.2, 0) is 0 Å². The van der Waals surface area contributed by atoms with E-state index in [-0.39, 0.29) is 0 Å². The van der Waals surface area contributed by atoms with Gasteiger partial charge in [-0.1, -0.05) is 27.7 Å². The number of likely N-dealkylation sites (tertiary alicyclic amines) is 1. The van der Waals surface area contributed by atoms with Crippen LogP contribution in [-0.4, -0.2) is 24.5 Å². The van der Waals surface area contributed by atoms with E-state index in [1.54, 1.807) is 0 Å². The van der Waals surface area contributed by atoms with Crippen molar-refractivity contribution in [2.24, 2.45) is 11.8 Å². The predicted molar refractivity (Wildman–Crippen MR) is 56.4 cm³/mol. The van der Waals surface area contributed by atoms with Gasteiger partial charge < -0.3 is 4.90 Å². The minimum absolute atomic E-state index is 0.781. The van der Waals surface area contributed by atoms with Gasteiger partial charge in [0.1, 0.15) is 0 Å². The van der Waals surface area contributed by atoms with E-state index in [9.17, 15) is 0 Å². The van der Waals surface area contributed by atoms with Crippen molar-refractivity contribution in [2.75, 3.05) is 13.6 Å². The largest absolute Gasteiger partial charge is 0.303 e.